The van der Waals surface area contributed by atoms with E-state index in [9.17, 15) is 18.4 Å². The Morgan fingerprint density at radius 3 is 2.30 bits per heavy atom. The van der Waals surface area contributed by atoms with Crippen molar-refractivity contribution in [3.8, 4) is 6.07 Å². The maximum Gasteiger partial charge on any atom is 0.416 e. The van der Waals surface area contributed by atoms with Crippen LogP contribution in [0, 0.1) is 11.3 Å². The molecule has 0 atom stereocenters. The van der Waals surface area contributed by atoms with E-state index < -0.39 is 11.7 Å². The Balaban J connectivity index is 1.74. The molecule has 0 bridgehead atoms. The molecule has 0 spiro atoms. The number of piperazine rings is 1. The van der Waals surface area contributed by atoms with Crippen molar-refractivity contribution >= 4 is 17.3 Å². The van der Waals surface area contributed by atoms with E-state index in [1.807, 2.05) is 36.0 Å². The van der Waals surface area contributed by atoms with Crippen molar-refractivity contribution in [3.05, 3.63) is 41.7 Å². The second kappa shape index (κ2) is 7.31. The molecule has 142 valence electrons. The van der Waals surface area contributed by atoms with Crippen LogP contribution in [0.15, 0.2) is 30.6 Å². The van der Waals surface area contributed by atoms with Crippen LogP contribution in [0.25, 0.3) is 0 Å². The van der Waals surface area contributed by atoms with E-state index in [0.29, 0.717) is 31.9 Å². The molecular weight excluding hydrogens is 357 g/mol. The number of benzene rings is 1. The van der Waals surface area contributed by atoms with Crippen molar-refractivity contribution < 1.29 is 13.2 Å². The molecule has 0 radical (unpaired) electrons. The van der Waals surface area contributed by atoms with Crippen LogP contribution in [0.5, 0.6) is 0 Å². The lowest BCUT2D eigenvalue weighted by molar-refractivity contribution is -0.137. The standard InChI is InChI=1S/C18H19F3N6/c1-25(2)16-10-17(24-12-23-16)27-7-5-26(6-8-27)15-4-3-14(18(19,20)21)9-13(15)11-22/h3-4,9-10,12H,5-8H2,1-2H3. The van der Waals surface area contributed by atoms with Crippen molar-refractivity contribution in [1.82, 2.24) is 9.97 Å². The van der Waals surface area contributed by atoms with E-state index in [1.165, 1.54) is 12.4 Å². The Hall–Kier alpha value is -3.02. The highest BCUT2D eigenvalue weighted by Crippen LogP contribution is 2.33. The monoisotopic (exact) mass is 376 g/mol. The van der Waals surface area contributed by atoms with Gasteiger partial charge in [-0.25, -0.2) is 9.97 Å². The zero-order valence-corrected chi connectivity index (χ0v) is 15.0. The highest BCUT2D eigenvalue weighted by Gasteiger charge is 2.31. The lowest BCUT2D eigenvalue weighted by Gasteiger charge is -2.37. The summed E-state index contributed by atoms with van der Waals surface area (Å²) in [7, 11) is 3.80. The Kier molecular flexibility index (Phi) is 5.08. The summed E-state index contributed by atoms with van der Waals surface area (Å²) in [6.07, 6.45) is -2.94. The highest BCUT2D eigenvalue weighted by atomic mass is 19.4. The molecule has 1 aliphatic heterocycles. The first-order chi connectivity index (χ1) is 12.8. The van der Waals surface area contributed by atoms with Crippen molar-refractivity contribution in [3.63, 3.8) is 0 Å². The van der Waals surface area contributed by atoms with E-state index >= 15 is 0 Å². The molecule has 0 saturated carbocycles. The number of alkyl halides is 3. The molecule has 6 nitrogen and oxygen atoms in total. The van der Waals surface area contributed by atoms with Gasteiger partial charge in [0.1, 0.15) is 24.0 Å². The molecule has 27 heavy (non-hydrogen) atoms. The zero-order valence-electron chi connectivity index (χ0n) is 15.0. The summed E-state index contributed by atoms with van der Waals surface area (Å²) in [6.45, 7) is 2.47. The molecule has 1 fully saturated rings. The smallest absolute Gasteiger partial charge is 0.367 e. The minimum atomic E-state index is -4.46. The van der Waals surface area contributed by atoms with Gasteiger partial charge in [-0.1, -0.05) is 0 Å². The van der Waals surface area contributed by atoms with Gasteiger partial charge in [0.15, 0.2) is 0 Å². The summed E-state index contributed by atoms with van der Waals surface area (Å²) < 4.78 is 38.6. The van der Waals surface area contributed by atoms with Crippen LogP contribution in [-0.4, -0.2) is 50.2 Å². The Bertz CT molecular complexity index is 851. The molecule has 1 aliphatic rings. The minimum Gasteiger partial charge on any atom is -0.367 e. The number of halogens is 3. The van der Waals surface area contributed by atoms with E-state index in [4.69, 9.17) is 0 Å². The fourth-order valence-electron chi connectivity index (χ4n) is 3.01. The normalized spacial score (nSPS) is 14.8. The number of anilines is 3. The van der Waals surface area contributed by atoms with Gasteiger partial charge in [-0.15, -0.1) is 0 Å². The summed E-state index contributed by atoms with van der Waals surface area (Å²) in [5, 5.41) is 9.28. The average molecular weight is 376 g/mol. The number of nitriles is 1. The summed E-state index contributed by atoms with van der Waals surface area (Å²) in [5.41, 5.74) is -0.240. The first kappa shape index (κ1) is 18.8. The Morgan fingerprint density at radius 1 is 1.04 bits per heavy atom. The van der Waals surface area contributed by atoms with E-state index in [1.54, 1.807) is 0 Å². The highest BCUT2D eigenvalue weighted by molar-refractivity contribution is 5.62. The van der Waals surface area contributed by atoms with Gasteiger partial charge >= 0.3 is 6.18 Å². The largest absolute Gasteiger partial charge is 0.416 e. The maximum atomic E-state index is 12.9. The van der Waals surface area contributed by atoms with Crippen LogP contribution in [0.2, 0.25) is 0 Å². The molecule has 9 heteroatoms. The van der Waals surface area contributed by atoms with Gasteiger partial charge in [-0.2, -0.15) is 18.4 Å². The predicted octanol–water partition coefficient (Wildman–Crippen LogP) is 2.76. The van der Waals surface area contributed by atoms with Gasteiger partial charge in [0, 0.05) is 46.3 Å². The number of nitrogens with zero attached hydrogens (tertiary/aromatic N) is 6. The Morgan fingerprint density at radius 2 is 1.70 bits per heavy atom. The van der Waals surface area contributed by atoms with Gasteiger partial charge < -0.3 is 14.7 Å². The van der Waals surface area contributed by atoms with Crippen molar-refractivity contribution in [2.45, 2.75) is 6.18 Å². The van der Waals surface area contributed by atoms with Gasteiger partial charge in [0.2, 0.25) is 0 Å². The fourth-order valence-corrected chi connectivity index (χ4v) is 3.01. The summed E-state index contributed by atoms with van der Waals surface area (Å²) >= 11 is 0. The SMILES string of the molecule is CN(C)c1cc(N2CCN(c3ccc(C(F)(F)F)cc3C#N)CC2)ncn1. The number of aromatic nitrogens is 2. The van der Waals surface area contributed by atoms with Gasteiger partial charge in [0.25, 0.3) is 0 Å². The topological polar surface area (TPSA) is 59.3 Å². The molecule has 0 N–H and O–H groups in total. The average Bonchev–Trinajstić information content (AvgIpc) is 2.67. The predicted molar refractivity (Wildman–Crippen MR) is 96.9 cm³/mol. The van der Waals surface area contributed by atoms with Crippen LogP contribution in [0.1, 0.15) is 11.1 Å². The summed E-state index contributed by atoms with van der Waals surface area (Å²) in [5.74, 6) is 1.61. The molecule has 3 rings (SSSR count). The van der Waals surface area contributed by atoms with Crippen LogP contribution in [-0.2, 0) is 6.18 Å². The number of hydrogen-bond donors (Lipinski definition) is 0. The molecule has 1 saturated heterocycles. The Labute approximate surface area is 155 Å². The quantitative estimate of drug-likeness (QED) is 0.821. The number of hydrogen-bond acceptors (Lipinski definition) is 6. The third kappa shape index (κ3) is 4.05. The van der Waals surface area contributed by atoms with Crippen molar-refractivity contribution in [1.29, 1.82) is 5.26 Å². The number of rotatable bonds is 3. The lowest BCUT2D eigenvalue weighted by atomic mass is 10.1. The molecule has 2 aromatic rings. The first-order valence-corrected chi connectivity index (χ1v) is 8.40. The molecule has 0 aliphatic carbocycles. The second-order valence-corrected chi connectivity index (χ2v) is 6.44. The first-order valence-electron chi connectivity index (χ1n) is 8.40. The molecule has 2 heterocycles. The zero-order chi connectivity index (χ0) is 19.6. The third-order valence-corrected chi connectivity index (χ3v) is 4.49. The van der Waals surface area contributed by atoms with Crippen LogP contribution in [0.3, 0.4) is 0 Å². The van der Waals surface area contributed by atoms with Crippen molar-refractivity contribution in [2.75, 3.05) is 55.0 Å². The molecule has 0 amide bonds. The fraction of sp³-hybridized carbons (Fsp3) is 0.389. The molecule has 1 aromatic carbocycles. The summed E-state index contributed by atoms with van der Waals surface area (Å²) in [4.78, 5) is 14.4. The van der Waals surface area contributed by atoms with E-state index in [2.05, 4.69) is 14.9 Å². The van der Waals surface area contributed by atoms with Gasteiger partial charge in [-0.3, -0.25) is 0 Å². The molecule has 1 aromatic heterocycles. The van der Waals surface area contributed by atoms with Crippen LogP contribution >= 0.6 is 0 Å². The van der Waals surface area contributed by atoms with Crippen molar-refractivity contribution in [2.24, 2.45) is 0 Å². The maximum absolute atomic E-state index is 12.9. The third-order valence-electron chi connectivity index (χ3n) is 4.49. The second-order valence-electron chi connectivity index (χ2n) is 6.44. The minimum absolute atomic E-state index is 0.0372. The summed E-state index contributed by atoms with van der Waals surface area (Å²) in [6, 6.07) is 7.10. The molecule has 0 unspecified atom stereocenters. The van der Waals surface area contributed by atoms with E-state index in [-0.39, 0.29) is 5.56 Å². The molecular formula is C18H19F3N6. The van der Waals surface area contributed by atoms with Crippen LogP contribution < -0.4 is 14.7 Å². The van der Waals surface area contributed by atoms with Gasteiger partial charge in [0.05, 0.1) is 16.8 Å². The van der Waals surface area contributed by atoms with Gasteiger partial charge in [-0.05, 0) is 18.2 Å². The van der Waals surface area contributed by atoms with E-state index in [0.717, 1.165) is 23.8 Å². The lowest BCUT2D eigenvalue weighted by Crippen LogP contribution is -2.47. The van der Waals surface area contributed by atoms with Crippen LogP contribution in [0.4, 0.5) is 30.5 Å².